The predicted molar refractivity (Wildman–Crippen MR) is 53.4 cm³/mol. The van der Waals surface area contributed by atoms with Crippen LogP contribution in [0.4, 0.5) is 0 Å². The maximum Gasteiger partial charge on any atom is 0.118 e. The molecule has 2 N–H and O–H groups in total. The van der Waals surface area contributed by atoms with Crippen LogP contribution in [-0.2, 0) is 6.54 Å². The number of nitrogens with zero attached hydrogens (tertiary/aromatic N) is 1. The highest BCUT2D eigenvalue weighted by Gasteiger charge is 2.05. The highest BCUT2D eigenvalue weighted by molar-refractivity contribution is 5.05. The molecule has 0 bridgehead atoms. The first kappa shape index (κ1) is 10.3. The van der Waals surface area contributed by atoms with Gasteiger partial charge < -0.3 is 10.2 Å². The van der Waals surface area contributed by atoms with Crippen LogP contribution < -0.4 is 5.73 Å². The molecule has 0 aliphatic heterocycles. The van der Waals surface area contributed by atoms with Gasteiger partial charge in [-0.05, 0) is 33.0 Å². The summed E-state index contributed by atoms with van der Waals surface area (Å²) in [5, 5.41) is 0. The SMILES string of the molecule is Cc1ccc(CN(C)CC(C)N)o1. The maximum absolute atomic E-state index is 5.68. The van der Waals surface area contributed by atoms with E-state index in [1.807, 2.05) is 33.0 Å². The molecule has 1 atom stereocenters. The van der Waals surface area contributed by atoms with Gasteiger partial charge in [0.05, 0.1) is 6.54 Å². The number of nitrogens with two attached hydrogens (primary N) is 1. The molecular formula is C10H18N2O. The van der Waals surface area contributed by atoms with Gasteiger partial charge in [-0.15, -0.1) is 0 Å². The van der Waals surface area contributed by atoms with Gasteiger partial charge in [0.2, 0.25) is 0 Å². The highest BCUT2D eigenvalue weighted by Crippen LogP contribution is 2.08. The van der Waals surface area contributed by atoms with E-state index in [9.17, 15) is 0 Å². The Labute approximate surface area is 79.5 Å². The molecule has 3 heteroatoms. The molecule has 0 saturated heterocycles. The quantitative estimate of drug-likeness (QED) is 0.764. The van der Waals surface area contributed by atoms with Gasteiger partial charge in [-0.1, -0.05) is 0 Å². The van der Waals surface area contributed by atoms with Crippen molar-refractivity contribution in [3.05, 3.63) is 23.7 Å². The second kappa shape index (κ2) is 4.44. The molecule has 0 aromatic carbocycles. The molecule has 0 aliphatic carbocycles. The van der Waals surface area contributed by atoms with E-state index in [0.717, 1.165) is 24.6 Å². The van der Waals surface area contributed by atoms with E-state index in [1.54, 1.807) is 0 Å². The lowest BCUT2D eigenvalue weighted by Gasteiger charge is -2.17. The third-order valence-electron chi connectivity index (χ3n) is 1.82. The van der Waals surface area contributed by atoms with Crippen molar-refractivity contribution in [1.82, 2.24) is 4.90 Å². The minimum Gasteiger partial charge on any atom is -0.465 e. The van der Waals surface area contributed by atoms with Crippen LogP contribution in [0.25, 0.3) is 0 Å². The van der Waals surface area contributed by atoms with Crippen molar-refractivity contribution in [2.24, 2.45) is 5.73 Å². The van der Waals surface area contributed by atoms with E-state index < -0.39 is 0 Å². The van der Waals surface area contributed by atoms with Crippen molar-refractivity contribution in [2.45, 2.75) is 26.4 Å². The number of hydrogen-bond acceptors (Lipinski definition) is 3. The fraction of sp³-hybridized carbons (Fsp3) is 0.600. The molecule has 0 saturated carbocycles. The van der Waals surface area contributed by atoms with Gasteiger partial charge in [-0.3, -0.25) is 4.90 Å². The molecule has 1 rings (SSSR count). The minimum absolute atomic E-state index is 0.209. The number of aryl methyl sites for hydroxylation is 1. The van der Waals surface area contributed by atoms with Crippen LogP contribution in [0, 0.1) is 6.92 Å². The summed E-state index contributed by atoms with van der Waals surface area (Å²) in [5.74, 6) is 1.96. The van der Waals surface area contributed by atoms with E-state index >= 15 is 0 Å². The van der Waals surface area contributed by atoms with Crippen LogP contribution >= 0.6 is 0 Å². The zero-order chi connectivity index (χ0) is 9.84. The average molecular weight is 182 g/mol. The summed E-state index contributed by atoms with van der Waals surface area (Å²) in [5.41, 5.74) is 5.68. The molecule has 1 unspecified atom stereocenters. The summed E-state index contributed by atoms with van der Waals surface area (Å²) in [4.78, 5) is 2.16. The molecule has 1 aromatic rings. The lowest BCUT2D eigenvalue weighted by Crippen LogP contribution is -2.32. The van der Waals surface area contributed by atoms with E-state index in [4.69, 9.17) is 10.2 Å². The van der Waals surface area contributed by atoms with E-state index in [-0.39, 0.29) is 6.04 Å². The molecule has 0 spiro atoms. The zero-order valence-corrected chi connectivity index (χ0v) is 8.58. The van der Waals surface area contributed by atoms with Crippen LogP contribution in [-0.4, -0.2) is 24.5 Å². The van der Waals surface area contributed by atoms with Gasteiger partial charge in [0.15, 0.2) is 0 Å². The molecule has 3 nitrogen and oxygen atoms in total. The molecule has 1 heterocycles. The van der Waals surface area contributed by atoms with Crippen molar-refractivity contribution in [3.63, 3.8) is 0 Å². The average Bonchev–Trinajstić information content (AvgIpc) is 2.33. The molecule has 13 heavy (non-hydrogen) atoms. The van der Waals surface area contributed by atoms with Crippen LogP contribution in [0.1, 0.15) is 18.4 Å². The first-order valence-corrected chi connectivity index (χ1v) is 4.57. The van der Waals surface area contributed by atoms with Gasteiger partial charge in [0.25, 0.3) is 0 Å². The van der Waals surface area contributed by atoms with Crippen LogP contribution in [0.3, 0.4) is 0 Å². The third kappa shape index (κ3) is 3.61. The Kier molecular flexibility index (Phi) is 3.51. The topological polar surface area (TPSA) is 42.4 Å². The minimum atomic E-state index is 0.209. The van der Waals surface area contributed by atoms with Crippen molar-refractivity contribution >= 4 is 0 Å². The first-order valence-electron chi connectivity index (χ1n) is 4.57. The third-order valence-corrected chi connectivity index (χ3v) is 1.82. The highest BCUT2D eigenvalue weighted by atomic mass is 16.3. The van der Waals surface area contributed by atoms with Crippen LogP contribution in [0.2, 0.25) is 0 Å². The van der Waals surface area contributed by atoms with Gasteiger partial charge in [0, 0.05) is 12.6 Å². The van der Waals surface area contributed by atoms with E-state index in [0.29, 0.717) is 0 Å². The lowest BCUT2D eigenvalue weighted by molar-refractivity contribution is 0.280. The van der Waals surface area contributed by atoms with Gasteiger partial charge in [-0.25, -0.2) is 0 Å². The van der Waals surface area contributed by atoms with E-state index in [2.05, 4.69) is 4.90 Å². The molecule has 1 aromatic heterocycles. The Morgan fingerprint density at radius 2 is 2.23 bits per heavy atom. The summed E-state index contributed by atoms with van der Waals surface area (Å²) in [7, 11) is 2.04. The smallest absolute Gasteiger partial charge is 0.118 e. The first-order chi connectivity index (χ1) is 6.08. The van der Waals surface area contributed by atoms with Crippen molar-refractivity contribution in [1.29, 1.82) is 0 Å². The Bertz CT molecular complexity index is 255. The van der Waals surface area contributed by atoms with Crippen LogP contribution in [0.15, 0.2) is 16.5 Å². The monoisotopic (exact) mass is 182 g/mol. The summed E-state index contributed by atoms with van der Waals surface area (Å²) < 4.78 is 5.45. The number of likely N-dealkylation sites (N-methyl/N-ethyl adjacent to an activating group) is 1. The summed E-state index contributed by atoms with van der Waals surface area (Å²) in [6.07, 6.45) is 0. The van der Waals surface area contributed by atoms with E-state index in [1.165, 1.54) is 0 Å². The largest absolute Gasteiger partial charge is 0.465 e. The van der Waals surface area contributed by atoms with Crippen LogP contribution in [0.5, 0.6) is 0 Å². The van der Waals surface area contributed by atoms with Gasteiger partial charge in [-0.2, -0.15) is 0 Å². The Morgan fingerprint density at radius 3 is 2.69 bits per heavy atom. The fourth-order valence-corrected chi connectivity index (χ4v) is 1.39. The molecule has 0 amide bonds. The predicted octanol–water partition coefficient (Wildman–Crippen LogP) is 1.37. The second-order valence-corrected chi connectivity index (χ2v) is 3.69. The molecule has 0 fully saturated rings. The van der Waals surface area contributed by atoms with Gasteiger partial charge >= 0.3 is 0 Å². The molecule has 0 radical (unpaired) electrons. The molecular weight excluding hydrogens is 164 g/mol. The van der Waals surface area contributed by atoms with Crippen molar-refractivity contribution in [3.8, 4) is 0 Å². The summed E-state index contributed by atoms with van der Waals surface area (Å²) >= 11 is 0. The fourth-order valence-electron chi connectivity index (χ4n) is 1.39. The summed E-state index contributed by atoms with van der Waals surface area (Å²) in [6.45, 7) is 5.67. The summed E-state index contributed by atoms with van der Waals surface area (Å²) in [6, 6.07) is 4.20. The number of furan rings is 1. The Hall–Kier alpha value is -0.800. The normalized spacial score (nSPS) is 13.6. The Morgan fingerprint density at radius 1 is 1.54 bits per heavy atom. The van der Waals surface area contributed by atoms with Crippen molar-refractivity contribution < 1.29 is 4.42 Å². The standard InChI is InChI=1S/C10H18N2O/c1-8(11)6-12(3)7-10-5-4-9(2)13-10/h4-5,8H,6-7,11H2,1-3H3. The second-order valence-electron chi connectivity index (χ2n) is 3.69. The zero-order valence-electron chi connectivity index (χ0n) is 8.58. The van der Waals surface area contributed by atoms with Crippen molar-refractivity contribution in [2.75, 3.05) is 13.6 Å². The lowest BCUT2D eigenvalue weighted by atomic mass is 10.3. The number of hydrogen-bond donors (Lipinski definition) is 1. The Balaban J connectivity index is 2.40. The molecule has 74 valence electrons. The maximum atomic E-state index is 5.68. The molecule has 0 aliphatic rings. The number of rotatable bonds is 4. The van der Waals surface area contributed by atoms with Gasteiger partial charge in [0.1, 0.15) is 11.5 Å².